The minimum atomic E-state index is 0.545. The van der Waals surface area contributed by atoms with Crippen molar-refractivity contribution >= 4 is 51.6 Å². The summed E-state index contributed by atoms with van der Waals surface area (Å²) >= 11 is 8.58. The molecule has 0 amide bonds. The Balaban J connectivity index is 1.91. The van der Waals surface area contributed by atoms with Crippen LogP contribution in [0.15, 0.2) is 48.7 Å². The number of nitrogens with zero attached hydrogens (tertiary/aromatic N) is 4. The van der Waals surface area contributed by atoms with Gasteiger partial charge >= 0.3 is 0 Å². The van der Waals surface area contributed by atoms with Crippen molar-refractivity contribution in [1.82, 2.24) is 19.9 Å². The largest absolute Gasteiger partial charge is 0.353 e. The van der Waals surface area contributed by atoms with Crippen molar-refractivity contribution in [3.63, 3.8) is 0 Å². The summed E-state index contributed by atoms with van der Waals surface area (Å²) in [6.07, 6.45) is 1.75. The summed E-state index contributed by atoms with van der Waals surface area (Å²) in [6.45, 7) is 1.62. The number of aromatic nitrogens is 3. The average molecular weight is 495 g/mol. The Kier molecular flexibility index (Phi) is 6.81. The monoisotopic (exact) mass is 494 g/mol. The van der Waals surface area contributed by atoms with Gasteiger partial charge < -0.3 is 15.5 Å². The Morgan fingerprint density at radius 2 is 1.93 bits per heavy atom. The van der Waals surface area contributed by atoms with Gasteiger partial charge in [0.25, 0.3) is 0 Å². The van der Waals surface area contributed by atoms with Crippen LogP contribution in [0.2, 0.25) is 5.02 Å². The lowest BCUT2D eigenvalue weighted by Gasteiger charge is -2.13. The zero-order chi connectivity index (χ0) is 19.2. The van der Waals surface area contributed by atoms with E-state index < -0.39 is 0 Å². The second-order valence-corrected chi connectivity index (χ2v) is 7.81. The van der Waals surface area contributed by atoms with E-state index in [2.05, 4.69) is 53.1 Å². The highest BCUT2D eigenvalue weighted by atomic mass is 127. The smallest absolute Gasteiger partial charge is 0.225 e. The summed E-state index contributed by atoms with van der Waals surface area (Å²) in [5, 5.41) is 7.20. The first-order valence-electron chi connectivity index (χ1n) is 8.42. The van der Waals surface area contributed by atoms with Crippen LogP contribution in [0.1, 0.15) is 0 Å². The molecule has 140 valence electrons. The normalized spacial score (nSPS) is 10.9. The minimum absolute atomic E-state index is 0.545. The molecule has 0 saturated carbocycles. The summed E-state index contributed by atoms with van der Waals surface area (Å²) in [5.41, 5.74) is 2.32. The van der Waals surface area contributed by atoms with Crippen molar-refractivity contribution in [2.24, 2.45) is 0 Å². The zero-order valence-electron chi connectivity index (χ0n) is 15.1. The minimum Gasteiger partial charge on any atom is -0.353 e. The molecule has 0 unspecified atom stereocenters. The summed E-state index contributed by atoms with van der Waals surface area (Å²) in [4.78, 5) is 15.7. The molecule has 0 aliphatic rings. The van der Waals surface area contributed by atoms with Crippen molar-refractivity contribution in [2.45, 2.75) is 0 Å². The van der Waals surface area contributed by atoms with Crippen molar-refractivity contribution < 1.29 is 0 Å². The molecule has 3 rings (SSSR count). The summed E-state index contributed by atoms with van der Waals surface area (Å²) in [6, 6.07) is 13.4. The van der Waals surface area contributed by atoms with E-state index in [4.69, 9.17) is 11.6 Å². The van der Waals surface area contributed by atoms with Crippen LogP contribution in [-0.2, 0) is 0 Å². The number of nitrogens with one attached hydrogen (secondary N) is 2. The molecule has 3 aromatic rings. The fourth-order valence-corrected chi connectivity index (χ4v) is 3.26. The third-order valence-corrected chi connectivity index (χ3v) is 4.67. The zero-order valence-corrected chi connectivity index (χ0v) is 18.0. The van der Waals surface area contributed by atoms with Gasteiger partial charge in [-0.25, -0.2) is 4.98 Å². The van der Waals surface area contributed by atoms with Crippen molar-refractivity contribution in [1.29, 1.82) is 0 Å². The molecule has 2 aromatic heterocycles. The van der Waals surface area contributed by atoms with Crippen molar-refractivity contribution in [3.05, 3.63) is 57.3 Å². The lowest BCUT2D eigenvalue weighted by atomic mass is 10.2. The Hall–Kier alpha value is -1.97. The predicted molar refractivity (Wildman–Crippen MR) is 120 cm³/mol. The molecule has 2 heterocycles. The third-order valence-electron chi connectivity index (χ3n) is 3.69. The number of likely N-dealkylation sites (N-methyl/N-ethyl adjacent to an activating group) is 1. The standard InChI is InChI=1S/C19H20ClIN6/c1-27(2)10-9-23-19-25-17(16-5-3-4-8-22-16)12-18(26-19)24-15-7-6-13(21)11-14(15)20/h3-8,11-12H,9-10H2,1-2H3,(H2,23,24,25,26). The number of benzene rings is 1. The van der Waals surface area contributed by atoms with Crippen LogP contribution in [0.5, 0.6) is 0 Å². The van der Waals surface area contributed by atoms with E-state index in [1.807, 2.05) is 56.6 Å². The van der Waals surface area contributed by atoms with Gasteiger partial charge in [-0.3, -0.25) is 4.98 Å². The Morgan fingerprint density at radius 1 is 1.07 bits per heavy atom. The number of hydrogen-bond acceptors (Lipinski definition) is 6. The molecule has 0 aliphatic heterocycles. The van der Waals surface area contributed by atoms with Crippen molar-refractivity contribution in [2.75, 3.05) is 37.8 Å². The molecule has 0 radical (unpaired) electrons. The van der Waals surface area contributed by atoms with Gasteiger partial charge in [0, 0.05) is 28.9 Å². The van der Waals surface area contributed by atoms with Crippen LogP contribution in [0.3, 0.4) is 0 Å². The lowest BCUT2D eigenvalue weighted by Crippen LogP contribution is -2.21. The first-order chi connectivity index (χ1) is 13.0. The summed E-state index contributed by atoms with van der Waals surface area (Å²) in [5.74, 6) is 1.20. The third kappa shape index (κ3) is 5.75. The summed E-state index contributed by atoms with van der Waals surface area (Å²) < 4.78 is 1.08. The molecule has 0 spiro atoms. The van der Waals surface area contributed by atoms with Gasteiger partial charge in [0.2, 0.25) is 5.95 Å². The van der Waals surface area contributed by atoms with Crippen LogP contribution in [0.25, 0.3) is 11.4 Å². The first-order valence-corrected chi connectivity index (χ1v) is 9.88. The van der Waals surface area contributed by atoms with E-state index >= 15 is 0 Å². The lowest BCUT2D eigenvalue weighted by molar-refractivity contribution is 0.425. The molecule has 1 aromatic carbocycles. The molecule has 0 aliphatic carbocycles. The van der Waals surface area contributed by atoms with Crippen LogP contribution in [0.4, 0.5) is 17.5 Å². The maximum Gasteiger partial charge on any atom is 0.225 e. The average Bonchev–Trinajstić information content (AvgIpc) is 2.64. The molecule has 27 heavy (non-hydrogen) atoms. The van der Waals surface area contributed by atoms with Crippen LogP contribution in [0, 0.1) is 3.57 Å². The maximum absolute atomic E-state index is 6.35. The van der Waals surface area contributed by atoms with Gasteiger partial charge in [-0.15, -0.1) is 0 Å². The van der Waals surface area contributed by atoms with E-state index in [0.29, 0.717) is 16.8 Å². The number of halogens is 2. The van der Waals surface area contributed by atoms with Gasteiger partial charge in [-0.05, 0) is 67.0 Å². The quantitative estimate of drug-likeness (QED) is 0.471. The number of pyridine rings is 1. The van der Waals surface area contributed by atoms with Gasteiger partial charge in [0.05, 0.1) is 22.1 Å². The van der Waals surface area contributed by atoms with E-state index in [9.17, 15) is 0 Å². The second-order valence-electron chi connectivity index (χ2n) is 6.16. The van der Waals surface area contributed by atoms with Gasteiger partial charge in [0.15, 0.2) is 0 Å². The molecular weight excluding hydrogens is 475 g/mol. The highest BCUT2D eigenvalue weighted by Crippen LogP contribution is 2.28. The molecule has 2 N–H and O–H groups in total. The molecule has 0 fully saturated rings. The van der Waals surface area contributed by atoms with E-state index in [0.717, 1.165) is 33.7 Å². The topological polar surface area (TPSA) is 66.0 Å². The van der Waals surface area contributed by atoms with E-state index in [1.165, 1.54) is 0 Å². The number of hydrogen-bond donors (Lipinski definition) is 2. The molecule has 0 bridgehead atoms. The highest BCUT2D eigenvalue weighted by molar-refractivity contribution is 14.1. The van der Waals surface area contributed by atoms with Crippen LogP contribution < -0.4 is 10.6 Å². The summed E-state index contributed by atoms with van der Waals surface area (Å²) in [7, 11) is 4.05. The molecule has 6 nitrogen and oxygen atoms in total. The predicted octanol–water partition coefficient (Wildman–Crippen LogP) is 4.51. The van der Waals surface area contributed by atoms with Crippen LogP contribution >= 0.6 is 34.2 Å². The van der Waals surface area contributed by atoms with Crippen molar-refractivity contribution in [3.8, 4) is 11.4 Å². The first kappa shape index (κ1) is 19.8. The van der Waals surface area contributed by atoms with Gasteiger partial charge in [-0.2, -0.15) is 4.98 Å². The Bertz CT molecular complexity index is 904. The van der Waals surface area contributed by atoms with Gasteiger partial charge in [0.1, 0.15) is 5.82 Å². The maximum atomic E-state index is 6.35. The van der Waals surface area contributed by atoms with Gasteiger partial charge in [-0.1, -0.05) is 17.7 Å². The second kappa shape index (κ2) is 9.29. The SMILES string of the molecule is CN(C)CCNc1nc(Nc2ccc(I)cc2Cl)cc(-c2ccccn2)n1. The highest BCUT2D eigenvalue weighted by Gasteiger charge is 2.09. The van der Waals surface area contributed by atoms with E-state index in [1.54, 1.807) is 6.20 Å². The Labute approximate surface area is 177 Å². The molecule has 0 atom stereocenters. The fourth-order valence-electron chi connectivity index (χ4n) is 2.36. The molecular formula is C19H20ClIN6. The van der Waals surface area contributed by atoms with E-state index in [-0.39, 0.29) is 0 Å². The van der Waals surface area contributed by atoms with Crippen LogP contribution in [-0.4, -0.2) is 47.0 Å². The number of rotatable bonds is 7. The number of anilines is 3. The fraction of sp³-hybridized carbons (Fsp3) is 0.211. The Morgan fingerprint density at radius 3 is 2.63 bits per heavy atom. The molecule has 8 heteroatoms. The molecule has 0 saturated heterocycles.